The van der Waals surface area contributed by atoms with Crippen LogP contribution in [0.25, 0.3) is 0 Å². The van der Waals surface area contributed by atoms with Crippen LogP contribution in [0.3, 0.4) is 0 Å². The Morgan fingerprint density at radius 2 is 1.83 bits per heavy atom. The Bertz CT molecular complexity index is 550. The first kappa shape index (κ1) is 12.6. The van der Waals surface area contributed by atoms with E-state index in [1.165, 1.54) is 18.2 Å². The molecule has 0 amide bonds. The predicted molar refractivity (Wildman–Crippen MR) is 68.3 cm³/mol. The van der Waals surface area contributed by atoms with Crippen molar-refractivity contribution in [2.75, 3.05) is 0 Å². The minimum absolute atomic E-state index is 0.386. The molecule has 0 aliphatic carbocycles. The Balaban J connectivity index is 2.37. The van der Waals surface area contributed by atoms with Crippen LogP contribution in [0, 0.1) is 12.7 Å². The van der Waals surface area contributed by atoms with E-state index in [9.17, 15) is 9.50 Å². The number of para-hydroxylation sites is 1. The fourth-order valence-corrected chi connectivity index (χ4v) is 1.73. The highest BCUT2D eigenvalue weighted by atomic mass is 19.1. The SMILES string of the molecule is Cc1ccccc1Oc1ccc(F)cc1[C@@H](C)O. The van der Waals surface area contributed by atoms with Gasteiger partial charge in [0.1, 0.15) is 17.3 Å². The maximum atomic E-state index is 13.2. The van der Waals surface area contributed by atoms with Crippen LogP contribution in [-0.4, -0.2) is 5.11 Å². The number of hydrogen-bond donors (Lipinski definition) is 1. The van der Waals surface area contributed by atoms with E-state index in [-0.39, 0.29) is 5.82 Å². The summed E-state index contributed by atoms with van der Waals surface area (Å²) in [6.07, 6.45) is -0.778. The number of benzene rings is 2. The van der Waals surface area contributed by atoms with Gasteiger partial charge in [0.25, 0.3) is 0 Å². The summed E-state index contributed by atoms with van der Waals surface area (Å²) in [6.45, 7) is 3.51. The van der Waals surface area contributed by atoms with Crippen molar-refractivity contribution in [3.8, 4) is 11.5 Å². The highest BCUT2D eigenvalue weighted by molar-refractivity contribution is 5.41. The molecule has 0 bridgehead atoms. The summed E-state index contributed by atoms with van der Waals surface area (Å²) in [4.78, 5) is 0. The van der Waals surface area contributed by atoms with Crippen LogP contribution >= 0.6 is 0 Å². The van der Waals surface area contributed by atoms with Gasteiger partial charge in [-0.05, 0) is 43.7 Å². The van der Waals surface area contributed by atoms with Crippen molar-refractivity contribution in [2.45, 2.75) is 20.0 Å². The van der Waals surface area contributed by atoms with Gasteiger partial charge in [-0.3, -0.25) is 0 Å². The summed E-state index contributed by atoms with van der Waals surface area (Å²) in [7, 11) is 0. The topological polar surface area (TPSA) is 29.5 Å². The molecule has 2 nitrogen and oxygen atoms in total. The zero-order valence-electron chi connectivity index (χ0n) is 10.4. The minimum Gasteiger partial charge on any atom is -0.457 e. The van der Waals surface area contributed by atoms with Crippen molar-refractivity contribution in [3.63, 3.8) is 0 Å². The van der Waals surface area contributed by atoms with Gasteiger partial charge in [0.15, 0.2) is 0 Å². The summed E-state index contributed by atoms with van der Waals surface area (Å²) >= 11 is 0. The second-order valence-electron chi connectivity index (χ2n) is 4.23. The van der Waals surface area contributed by atoms with Crippen molar-refractivity contribution < 1.29 is 14.2 Å². The third kappa shape index (κ3) is 2.68. The van der Waals surface area contributed by atoms with E-state index in [0.717, 1.165) is 5.56 Å². The van der Waals surface area contributed by atoms with Crippen molar-refractivity contribution >= 4 is 0 Å². The Kier molecular flexibility index (Phi) is 3.63. The fraction of sp³-hybridized carbons (Fsp3) is 0.200. The Labute approximate surface area is 106 Å². The van der Waals surface area contributed by atoms with Gasteiger partial charge in [-0.1, -0.05) is 18.2 Å². The monoisotopic (exact) mass is 246 g/mol. The summed E-state index contributed by atoms with van der Waals surface area (Å²) < 4.78 is 18.9. The van der Waals surface area contributed by atoms with Crippen LogP contribution in [0.15, 0.2) is 42.5 Å². The number of aliphatic hydroxyl groups excluding tert-OH is 1. The third-order valence-electron chi connectivity index (χ3n) is 2.74. The smallest absolute Gasteiger partial charge is 0.133 e. The van der Waals surface area contributed by atoms with Crippen molar-refractivity contribution in [1.29, 1.82) is 0 Å². The number of halogens is 1. The molecule has 3 heteroatoms. The molecule has 0 unspecified atom stereocenters. The second kappa shape index (κ2) is 5.19. The third-order valence-corrected chi connectivity index (χ3v) is 2.74. The van der Waals surface area contributed by atoms with Gasteiger partial charge >= 0.3 is 0 Å². The lowest BCUT2D eigenvalue weighted by Gasteiger charge is -2.14. The fourth-order valence-electron chi connectivity index (χ4n) is 1.73. The van der Waals surface area contributed by atoms with E-state index in [1.807, 2.05) is 31.2 Å². The first-order chi connectivity index (χ1) is 8.58. The van der Waals surface area contributed by atoms with Gasteiger partial charge in [0, 0.05) is 5.56 Å². The lowest BCUT2D eigenvalue weighted by Crippen LogP contribution is -1.97. The molecule has 94 valence electrons. The Morgan fingerprint density at radius 1 is 1.11 bits per heavy atom. The molecule has 18 heavy (non-hydrogen) atoms. The molecule has 0 aromatic heterocycles. The summed E-state index contributed by atoms with van der Waals surface area (Å²) in [5, 5.41) is 9.63. The summed E-state index contributed by atoms with van der Waals surface area (Å²) in [5.41, 5.74) is 1.43. The van der Waals surface area contributed by atoms with Crippen LogP contribution in [0.5, 0.6) is 11.5 Å². The summed E-state index contributed by atoms with van der Waals surface area (Å²) in [5.74, 6) is 0.787. The largest absolute Gasteiger partial charge is 0.457 e. The molecule has 0 saturated heterocycles. The van der Waals surface area contributed by atoms with E-state index in [0.29, 0.717) is 17.1 Å². The van der Waals surface area contributed by atoms with E-state index in [2.05, 4.69) is 0 Å². The molecule has 2 rings (SSSR count). The Hall–Kier alpha value is -1.87. The molecular weight excluding hydrogens is 231 g/mol. The minimum atomic E-state index is -0.778. The van der Waals surface area contributed by atoms with Crippen LogP contribution in [0.2, 0.25) is 0 Å². The molecule has 2 aromatic carbocycles. The van der Waals surface area contributed by atoms with Crippen LogP contribution in [0.1, 0.15) is 24.2 Å². The van der Waals surface area contributed by atoms with Gasteiger partial charge in [0.05, 0.1) is 6.10 Å². The molecule has 1 atom stereocenters. The zero-order valence-corrected chi connectivity index (χ0v) is 10.4. The van der Waals surface area contributed by atoms with Crippen LogP contribution in [-0.2, 0) is 0 Å². The molecule has 1 N–H and O–H groups in total. The van der Waals surface area contributed by atoms with Gasteiger partial charge < -0.3 is 9.84 Å². The Morgan fingerprint density at radius 3 is 2.50 bits per heavy atom. The lowest BCUT2D eigenvalue weighted by atomic mass is 10.1. The van der Waals surface area contributed by atoms with Gasteiger partial charge in [-0.25, -0.2) is 4.39 Å². The van der Waals surface area contributed by atoms with Crippen LogP contribution < -0.4 is 4.74 Å². The highest BCUT2D eigenvalue weighted by Gasteiger charge is 2.12. The normalized spacial score (nSPS) is 12.2. The molecule has 0 radical (unpaired) electrons. The first-order valence-corrected chi connectivity index (χ1v) is 5.79. The highest BCUT2D eigenvalue weighted by Crippen LogP contribution is 2.31. The van der Waals surface area contributed by atoms with E-state index in [1.54, 1.807) is 6.92 Å². The average Bonchev–Trinajstić information content (AvgIpc) is 2.34. The quantitative estimate of drug-likeness (QED) is 0.887. The maximum absolute atomic E-state index is 13.2. The van der Waals surface area contributed by atoms with Gasteiger partial charge in [-0.15, -0.1) is 0 Å². The van der Waals surface area contributed by atoms with Gasteiger partial charge in [-0.2, -0.15) is 0 Å². The number of rotatable bonds is 3. The maximum Gasteiger partial charge on any atom is 0.133 e. The molecule has 2 aromatic rings. The predicted octanol–water partition coefficient (Wildman–Crippen LogP) is 3.98. The second-order valence-corrected chi connectivity index (χ2v) is 4.23. The molecule has 0 aliphatic rings. The molecule has 0 spiro atoms. The number of aryl methyl sites for hydroxylation is 1. The van der Waals surface area contributed by atoms with Gasteiger partial charge in [0.2, 0.25) is 0 Å². The molecule has 0 aliphatic heterocycles. The number of ether oxygens (including phenoxy) is 1. The van der Waals surface area contributed by atoms with E-state index >= 15 is 0 Å². The van der Waals surface area contributed by atoms with Crippen molar-refractivity contribution in [2.24, 2.45) is 0 Å². The van der Waals surface area contributed by atoms with E-state index < -0.39 is 6.10 Å². The van der Waals surface area contributed by atoms with Crippen molar-refractivity contribution in [1.82, 2.24) is 0 Å². The average molecular weight is 246 g/mol. The molecular formula is C15H15FO2. The molecule has 0 saturated carbocycles. The standard InChI is InChI=1S/C15H15FO2/c1-10-5-3-4-6-14(10)18-15-8-7-12(16)9-13(15)11(2)17/h3-9,11,17H,1-2H3/t11-/m1/s1. The molecule has 0 heterocycles. The van der Waals surface area contributed by atoms with Crippen molar-refractivity contribution in [3.05, 3.63) is 59.4 Å². The molecule has 0 fully saturated rings. The zero-order chi connectivity index (χ0) is 13.1. The first-order valence-electron chi connectivity index (χ1n) is 5.79. The lowest BCUT2D eigenvalue weighted by molar-refractivity contribution is 0.195. The van der Waals surface area contributed by atoms with E-state index in [4.69, 9.17) is 4.74 Å². The van der Waals surface area contributed by atoms with Crippen LogP contribution in [0.4, 0.5) is 4.39 Å². The summed E-state index contributed by atoms with van der Waals surface area (Å²) in [6, 6.07) is 11.7. The number of aliphatic hydroxyl groups is 1. The number of hydrogen-bond acceptors (Lipinski definition) is 2.